The van der Waals surface area contributed by atoms with E-state index in [4.69, 9.17) is 11.5 Å². The van der Waals surface area contributed by atoms with E-state index in [1.165, 1.54) is 12.5 Å². The van der Waals surface area contributed by atoms with Crippen molar-refractivity contribution < 1.29 is 24.3 Å². The molecule has 0 fully saturated rings. The van der Waals surface area contributed by atoms with Crippen molar-refractivity contribution in [3.05, 3.63) is 18.2 Å². The smallest absolute Gasteiger partial charge is 0.326 e. The average molecular weight is 496 g/mol. The number of carboxylic acid groups (broad SMARTS) is 1. The second-order valence-electron chi connectivity index (χ2n) is 9.49. The molecule has 1 aromatic rings. The summed E-state index contributed by atoms with van der Waals surface area (Å²) in [4.78, 5) is 57.2. The first-order chi connectivity index (χ1) is 16.5. The summed E-state index contributed by atoms with van der Waals surface area (Å²) in [5, 5.41) is 17.3. The third-order valence-electron chi connectivity index (χ3n) is 5.48. The number of nitrogens with two attached hydrogens (primary N) is 2. The van der Waals surface area contributed by atoms with E-state index in [1.54, 1.807) is 13.8 Å². The summed E-state index contributed by atoms with van der Waals surface area (Å²) >= 11 is 0. The molecule has 0 saturated carbocycles. The number of nitrogens with zero attached hydrogens (tertiary/aromatic N) is 1. The number of hydrogen-bond donors (Lipinski definition) is 7. The van der Waals surface area contributed by atoms with Crippen molar-refractivity contribution in [1.82, 2.24) is 25.9 Å². The van der Waals surface area contributed by atoms with Crippen LogP contribution < -0.4 is 27.4 Å². The van der Waals surface area contributed by atoms with Crippen LogP contribution in [0.3, 0.4) is 0 Å². The zero-order valence-electron chi connectivity index (χ0n) is 21.0. The Kier molecular flexibility index (Phi) is 13.0. The lowest BCUT2D eigenvalue weighted by Crippen LogP contribution is -2.58. The van der Waals surface area contributed by atoms with Crippen molar-refractivity contribution in [2.75, 3.05) is 6.54 Å². The summed E-state index contributed by atoms with van der Waals surface area (Å²) in [5.41, 5.74) is 12.1. The molecule has 0 radical (unpaired) electrons. The molecule has 0 saturated heterocycles. The van der Waals surface area contributed by atoms with Crippen LogP contribution >= 0.6 is 0 Å². The normalized spacial score (nSPS) is 14.7. The van der Waals surface area contributed by atoms with Gasteiger partial charge in [0, 0.05) is 18.3 Å². The second kappa shape index (κ2) is 15.1. The highest BCUT2D eigenvalue weighted by Gasteiger charge is 2.31. The Balaban J connectivity index is 3.05. The standard InChI is InChI=1S/C23H41N7O5/c1-13(2)9-16(25)20(31)28-17(7-5-6-8-24)21(32)29-18(10-15-11-26-12-27-15)22(33)30-19(14(3)4)23(34)35/h11-14,16-19H,5-10,24-25H2,1-4H3,(H,26,27)(H,28,31)(H,29,32)(H,30,33)(H,34,35). The molecule has 9 N–H and O–H groups in total. The van der Waals surface area contributed by atoms with Gasteiger partial charge in [0.25, 0.3) is 0 Å². The monoisotopic (exact) mass is 495 g/mol. The minimum atomic E-state index is -1.17. The molecule has 12 heteroatoms. The summed E-state index contributed by atoms with van der Waals surface area (Å²) in [7, 11) is 0. The molecule has 0 spiro atoms. The second-order valence-corrected chi connectivity index (χ2v) is 9.49. The van der Waals surface area contributed by atoms with Crippen molar-refractivity contribution >= 4 is 23.7 Å². The summed E-state index contributed by atoms with van der Waals surface area (Å²) in [6.45, 7) is 7.67. The summed E-state index contributed by atoms with van der Waals surface area (Å²) in [6.07, 6.45) is 5.01. The Morgan fingerprint density at radius 1 is 1.00 bits per heavy atom. The fourth-order valence-electron chi connectivity index (χ4n) is 3.52. The summed E-state index contributed by atoms with van der Waals surface area (Å²) in [5.74, 6) is -3.02. The van der Waals surface area contributed by atoms with Gasteiger partial charge >= 0.3 is 5.97 Å². The van der Waals surface area contributed by atoms with Crippen LogP contribution in [-0.4, -0.2) is 69.5 Å². The Bertz CT molecular complexity index is 813. The highest BCUT2D eigenvalue weighted by molar-refractivity contribution is 5.94. The number of aliphatic carboxylic acids is 1. The number of hydrogen-bond acceptors (Lipinski definition) is 7. The Morgan fingerprint density at radius 2 is 1.63 bits per heavy atom. The molecular formula is C23H41N7O5. The topological polar surface area (TPSA) is 205 Å². The van der Waals surface area contributed by atoms with Gasteiger partial charge in [0.05, 0.1) is 12.4 Å². The van der Waals surface area contributed by atoms with Gasteiger partial charge in [-0.2, -0.15) is 0 Å². The van der Waals surface area contributed by atoms with Gasteiger partial charge in [0.15, 0.2) is 0 Å². The van der Waals surface area contributed by atoms with Crippen LogP contribution in [0.5, 0.6) is 0 Å². The van der Waals surface area contributed by atoms with E-state index in [2.05, 4.69) is 25.9 Å². The number of imidazole rings is 1. The van der Waals surface area contributed by atoms with Gasteiger partial charge in [-0.3, -0.25) is 14.4 Å². The number of H-pyrrole nitrogens is 1. The van der Waals surface area contributed by atoms with Gasteiger partial charge in [-0.25, -0.2) is 9.78 Å². The summed E-state index contributed by atoms with van der Waals surface area (Å²) in [6, 6.07) is -3.92. The van der Waals surface area contributed by atoms with Gasteiger partial charge in [0.1, 0.15) is 18.1 Å². The Morgan fingerprint density at radius 3 is 2.14 bits per heavy atom. The van der Waals surface area contributed by atoms with Gasteiger partial charge in [-0.15, -0.1) is 0 Å². The van der Waals surface area contributed by atoms with Gasteiger partial charge in [0.2, 0.25) is 17.7 Å². The molecule has 0 aliphatic heterocycles. The predicted octanol–water partition coefficient (Wildman–Crippen LogP) is -0.350. The molecule has 0 aliphatic carbocycles. The molecule has 198 valence electrons. The van der Waals surface area contributed by atoms with E-state index in [1.807, 2.05) is 13.8 Å². The number of rotatable bonds is 16. The number of aromatic amines is 1. The van der Waals surface area contributed by atoms with Crippen LogP contribution in [0, 0.1) is 11.8 Å². The molecule has 3 amide bonds. The molecule has 35 heavy (non-hydrogen) atoms. The minimum absolute atomic E-state index is 0.0539. The Labute approximate surface area is 206 Å². The molecule has 4 unspecified atom stereocenters. The number of unbranched alkanes of at least 4 members (excludes halogenated alkanes) is 1. The zero-order valence-corrected chi connectivity index (χ0v) is 21.0. The van der Waals surface area contributed by atoms with Crippen LogP contribution in [0.4, 0.5) is 0 Å². The van der Waals surface area contributed by atoms with E-state index in [0.717, 1.165) is 0 Å². The Hall–Kier alpha value is -2.99. The zero-order chi connectivity index (χ0) is 26.5. The predicted molar refractivity (Wildman–Crippen MR) is 131 cm³/mol. The largest absolute Gasteiger partial charge is 0.480 e. The highest BCUT2D eigenvalue weighted by atomic mass is 16.4. The minimum Gasteiger partial charge on any atom is -0.480 e. The molecule has 1 heterocycles. The SMILES string of the molecule is CC(C)CC(N)C(=O)NC(CCCCN)C(=O)NC(Cc1cnc[nH]1)C(=O)NC(C(=O)O)C(C)C. The number of carboxylic acids is 1. The van der Waals surface area contributed by atoms with Crippen LogP contribution in [0.25, 0.3) is 0 Å². The van der Waals surface area contributed by atoms with Crippen molar-refractivity contribution in [3.63, 3.8) is 0 Å². The lowest BCUT2D eigenvalue weighted by Gasteiger charge is -2.26. The molecule has 0 aliphatic rings. The molecule has 12 nitrogen and oxygen atoms in total. The number of carbonyl (C=O) groups is 4. The maximum atomic E-state index is 13.2. The van der Waals surface area contributed by atoms with Crippen LogP contribution in [0.15, 0.2) is 12.5 Å². The van der Waals surface area contributed by atoms with Crippen LogP contribution in [-0.2, 0) is 25.6 Å². The summed E-state index contributed by atoms with van der Waals surface area (Å²) < 4.78 is 0. The van der Waals surface area contributed by atoms with Gasteiger partial charge in [-0.1, -0.05) is 27.7 Å². The van der Waals surface area contributed by atoms with Crippen molar-refractivity contribution in [3.8, 4) is 0 Å². The third kappa shape index (κ3) is 10.9. The highest BCUT2D eigenvalue weighted by Crippen LogP contribution is 2.08. The first-order valence-corrected chi connectivity index (χ1v) is 12.0. The molecule has 1 rings (SSSR count). The molecular weight excluding hydrogens is 454 g/mol. The number of amides is 3. The first kappa shape index (κ1) is 30.0. The van der Waals surface area contributed by atoms with E-state index in [9.17, 15) is 24.3 Å². The van der Waals surface area contributed by atoms with Gasteiger partial charge in [-0.05, 0) is 44.1 Å². The fourth-order valence-corrected chi connectivity index (χ4v) is 3.52. The number of carbonyl (C=O) groups excluding carboxylic acids is 3. The van der Waals surface area contributed by atoms with Crippen LogP contribution in [0.1, 0.15) is 59.1 Å². The van der Waals surface area contributed by atoms with Crippen molar-refractivity contribution in [1.29, 1.82) is 0 Å². The van der Waals surface area contributed by atoms with Gasteiger partial charge < -0.3 is 37.5 Å². The molecule has 0 aromatic carbocycles. The lowest BCUT2D eigenvalue weighted by molar-refractivity contribution is -0.143. The lowest BCUT2D eigenvalue weighted by atomic mass is 10.0. The number of nitrogens with one attached hydrogen (secondary N) is 4. The van der Waals surface area contributed by atoms with E-state index in [-0.39, 0.29) is 18.3 Å². The van der Waals surface area contributed by atoms with Crippen LogP contribution in [0.2, 0.25) is 0 Å². The van der Waals surface area contributed by atoms with E-state index in [0.29, 0.717) is 37.9 Å². The average Bonchev–Trinajstić information content (AvgIpc) is 3.28. The quantitative estimate of drug-likeness (QED) is 0.150. The fraction of sp³-hybridized carbons (Fsp3) is 0.696. The number of aromatic nitrogens is 2. The van der Waals surface area contributed by atoms with E-state index < -0.39 is 47.9 Å². The molecule has 4 atom stereocenters. The maximum Gasteiger partial charge on any atom is 0.326 e. The maximum absolute atomic E-state index is 13.2. The molecule has 1 aromatic heterocycles. The molecule has 0 bridgehead atoms. The van der Waals surface area contributed by atoms with Crippen molar-refractivity contribution in [2.24, 2.45) is 23.3 Å². The third-order valence-corrected chi connectivity index (χ3v) is 5.48. The van der Waals surface area contributed by atoms with E-state index >= 15 is 0 Å². The van der Waals surface area contributed by atoms with Crippen molar-refractivity contribution in [2.45, 2.75) is 84.0 Å². The first-order valence-electron chi connectivity index (χ1n) is 12.0.